The number of aromatic nitrogens is 4. The second-order valence-corrected chi connectivity index (χ2v) is 8.47. The molecule has 0 saturated carbocycles. The van der Waals surface area contributed by atoms with Gasteiger partial charge in [0, 0.05) is 5.41 Å². The summed E-state index contributed by atoms with van der Waals surface area (Å²) in [5.74, 6) is 1.00. The zero-order valence-corrected chi connectivity index (χ0v) is 14.4. The standard InChI is InChI=1S/C14H22N6O3S/c1-11-2-5-19(6-3-11)8-13-16-17-18-20(13)9-14(21)15-12-4-7-24(22,23)10-12/h4,7,11-12H,2-3,5-6,8-10H2,1H3,(H,15,21)/t12-/m0/s1. The van der Waals surface area contributed by atoms with Gasteiger partial charge in [-0.2, -0.15) is 0 Å². The normalized spacial score (nSPS) is 24.3. The third-order valence-corrected chi connectivity index (χ3v) is 5.81. The molecule has 0 aliphatic carbocycles. The largest absolute Gasteiger partial charge is 0.347 e. The molecule has 3 heterocycles. The predicted molar refractivity (Wildman–Crippen MR) is 86.3 cm³/mol. The van der Waals surface area contributed by atoms with Crippen LogP contribution in [0.2, 0.25) is 0 Å². The Hall–Kier alpha value is -1.81. The second kappa shape index (κ2) is 6.98. The number of nitrogens with one attached hydrogen (secondary N) is 1. The number of carbonyl (C=O) groups excluding carboxylic acids is 1. The van der Waals surface area contributed by atoms with Gasteiger partial charge in [-0.25, -0.2) is 13.1 Å². The highest BCUT2D eigenvalue weighted by Gasteiger charge is 2.24. The maximum Gasteiger partial charge on any atom is 0.242 e. The first-order chi connectivity index (χ1) is 11.4. The van der Waals surface area contributed by atoms with Crippen LogP contribution in [0.4, 0.5) is 0 Å². The molecule has 2 aliphatic heterocycles. The van der Waals surface area contributed by atoms with Gasteiger partial charge in [-0.3, -0.25) is 9.69 Å². The molecule has 2 aliphatic rings. The molecule has 10 heteroatoms. The molecule has 0 radical (unpaired) electrons. The minimum Gasteiger partial charge on any atom is -0.347 e. The van der Waals surface area contributed by atoms with Crippen LogP contribution >= 0.6 is 0 Å². The van der Waals surface area contributed by atoms with Crippen molar-refractivity contribution in [1.29, 1.82) is 0 Å². The lowest BCUT2D eigenvalue weighted by Gasteiger charge is -2.29. The number of piperidine rings is 1. The first kappa shape index (κ1) is 17.0. The Kier molecular flexibility index (Phi) is 4.95. The van der Waals surface area contributed by atoms with Gasteiger partial charge < -0.3 is 5.32 Å². The quantitative estimate of drug-likeness (QED) is 0.747. The van der Waals surface area contributed by atoms with E-state index in [9.17, 15) is 13.2 Å². The number of hydrogen-bond acceptors (Lipinski definition) is 7. The van der Waals surface area contributed by atoms with Crippen LogP contribution in [-0.2, 0) is 27.7 Å². The van der Waals surface area contributed by atoms with E-state index in [-0.39, 0.29) is 18.2 Å². The lowest BCUT2D eigenvalue weighted by molar-refractivity contribution is -0.122. The zero-order chi connectivity index (χ0) is 17.2. The van der Waals surface area contributed by atoms with Crippen molar-refractivity contribution in [2.75, 3.05) is 18.8 Å². The Labute approximate surface area is 141 Å². The molecular formula is C14H22N6O3S. The molecular weight excluding hydrogens is 332 g/mol. The Bertz CT molecular complexity index is 721. The number of sulfone groups is 1. The van der Waals surface area contributed by atoms with Crippen LogP contribution < -0.4 is 5.32 Å². The molecule has 0 bridgehead atoms. The molecule has 1 fully saturated rings. The lowest BCUT2D eigenvalue weighted by Crippen LogP contribution is -2.38. The van der Waals surface area contributed by atoms with E-state index >= 15 is 0 Å². The molecule has 0 unspecified atom stereocenters. The van der Waals surface area contributed by atoms with Crippen LogP contribution in [0, 0.1) is 5.92 Å². The third kappa shape index (κ3) is 4.38. The van der Waals surface area contributed by atoms with Gasteiger partial charge in [-0.1, -0.05) is 6.92 Å². The highest BCUT2D eigenvalue weighted by molar-refractivity contribution is 7.94. The molecule has 1 atom stereocenters. The molecule has 1 N–H and O–H groups in total. The van der Waals surface area contributed by atoms with Gasteiger partial charge in [0.1, 0.15) is 6.54 Å². The summed E-state index contributed by atoms with van der Waals surface area (Å²) < 4.78 is 24.2. The summed E-state index contributed by atoms with van der Waals surface area (Å²) in [5, 5.41) is 15.3. The van der Waals surface area contributed by atoms with E-state index in [1.165, 1.54) is 10.8 Å². The smallest absolute Gasteiger partial charge is 0.242 e. The van der Waals surface area contributed by atoms with Crippen molar-refractivity contribution in [3.63, 3.8) is 0 Å². The second-order valence-electron chi connectivity index (χ2n) is 6.54. The molecule has 0 spiro atoms. The number of tetrazole rings is 1. The summed E-state index contributed by atoms with van der Waals surface area (Å²) in [6.07, 6.45) is 3.80. The van der Waals surface area contributed by atoms with E-state index in [2.05, 4.69) is 32.7 Å². The Morgan fingerprint density at radius 1 is 1.38 bits per heavy atom. The summed E-state index contributed by atoms with van der Waals surface area (Å²) in [6.45, 7) is 4.86. The van der Waals surface area contributed by atoms with Crippen molar-refractivity contribution in [2.24, 2.45) is 5.92 Å². The molecule has 1 saturated heterocycles. The summed E-state index contributed by atoms with van der Waals surface area (Å²) in [7, 11) is -3.18. The highest BCUT2D eigenvalue weighted by Crippen LogP contribution is 2.17. The average molecular weight is 354 g/mol. The van der Waals surface area contributed by atoms with Gasteiger partial charge in [0.05, 0.1) is 18.3 Å². The first-order valence-electron chi connectivity index (χ1n) is 8.09. The molecule has 0 aromatic carbocycles. The average Bonchev–Trinajstić information content (AvgIpc) is 3.08. The van der Waals surface area contributed by atoms with Gasteiger partial charge in [0.15, 0.2) is 15.7 Å². The molecule has 1 aromatic rings. The monoisotopic (exact) mass is 354 g/mol. The lowest BCUT2D eigenvalue weighted by atomic mass is 9.99. The van der Waals surface area contributed by atoms with E-state index in [0.29, 0.717) is 12.4 Å². The van der Waals surface area contributed by atoms with Crippen LogP contribution in [0.1, 0.15) is 25.6 Å². The fraction of sp³-hybridized carbons (Fsp3) is 0.714. The number of carbonyl (C=O) groups is 1. The Balaban J connectivity index is 1.53. The number of amides is 1. The minimum absolute atomic E-state index is 0.0169. The van der Waals surface area contributed by atoms with Crippen molar-refractivity contribution in [3.05, 3.63) is 17.3 Å². The number of likely N-dealkylation sites (tertiary alicyclic amines) is 1. The number of hydrogen-bond donors (Lipinski definition) is 1. The predicted octanol–water partition coefficient (Wildman–Crippen LogP) is -0.668. The van der Waals surface area contributed by atoms with E-state index in [1.54, 1.807) is 0 Å². The van der Waals surface area contributed by atoms with Crippen LogP contribution in [0.25, 0.3) is 0 Å². The fourth-order valence-corrected chi connectivity index (χ4v) is 4.17. The maximum absolute atomic E-state index is 12.1. The Morgan fingerprint density at radius 2 is 2.12 bits per heavy atom. The highest BCUT2D eigenvalue weighted by atomic mass is 32.2. The number of rotatable bonds is 5. The van der Waals surface area contributed by atoms with E-state index in [1.807, 2.05) is 0 Å². The fourth-order valence-electron chi connectivity index (χ4n) is 2.93. The maximum atomic E-state index is 12.1. The van der Waals surface area contributed by atoms with Gasteiger partial charge in [-0.15, -0.1) is 5.10 Å². The molecule has 1 amide bonds. The van der Waals surface area contributed by atoms with Crippen LogP contribution in [0.3, 0.4) is 0 Å². The van der Waals surface area contributed by atoms with Crippen molar-refractivity contribution in [2.45, 2.75) is 38.9 Å². The van der Waals surface area contributed by atoms with Crippen molar-refractivity contribution >= 4 is 15.7 Å². The van der Waals surface area contributed by atoms with Crippen LogP contribution in [0.5, 0.6) is 0 Å². The number of nitrogens with zero attached hydrogens (tertiary/aromatic N) is 5. The van der Waals surface area contributed by atoms with Gasteiger partial charge >= 0.3 is 0 Å². The third-order valence-electron chi connectivity index (χ3n) is 4.42. The van der Waals surface area contributed by atoms with Gasteiger partial charge in [0.25, 0.3) is 0 Å². The minimum atomic E-state index is -3.18. The van der Waals surface area contributed by atoms with Gasteiger partial charge in [0.2, 0.25) is 5.91 Å². The van der Waals surface area contributed by atoms with Gasteiger partial charge in [-0.05, 0) is 48.4 Å². The van der Waals surface area contributed by atoms with Crippen molar-refractivity contribution < 1.29 is 13.2 Å². The molecule has 3 rings (SSSR count). The van der Waals surface area contributed by atoms with E-state index < -0.39 is 15.9 Å². The van der Waals surface area contributed by atoms with Crippen LogP contribution in [-0.4, -0.2) is 64.3 Å². The SMILES string of the molecule is CC1CCN(Cc2nnnn2CC(=O)N[C@H]2C=CS(=O)(=O)C2)CC1. The van der Waals surface area contributed by atoms with Crippen molar-refractivity contribution in [3.8, 4) is 0 Å². The first-order valence-corrected chi connectivity index (χ1v) is 9.80. The summed E-state index contributed by atoms with van der Waals surface area (Å²) in [5.41, 5.74) is 0. The molecule has 9 nitrogen and oxygen atoms in total. The molecule has 132 valence electrons. The van der Waals surface area contributed by atoms with E-state index in [4.69, 9.17) is 0 Å². The molecule has 24 heavy (non-hydrogen) atoms. The topological polar surface area (TPSA) is 110 Å². The van der Waals surface area contributed by atoms with Crippen molar-refractivity contribution in [1.82, 2.24) is 30.4 Å². The molecule has 1 aromatic heterocycles. The summed E-state index contributed by atoms with van der Waals surface area (Å²) in [4.78, 5) is 14.4. The zero-order valence-electron chi connectivity index (χ0n) is 13.6. The Morgan fingerprint density at radius 3 is 2.79 bits per heavy atom. The summed E-state index contributed by atoms with van der Waals surface area (Å²) in [6, 6.07) is -0.481. The van der Waals surface area contributed by atoms with E-state index in [0.717, 1.165) is 37.3 Å². The summed E-state index contributed by atoms with van der Waals surface area (Å²) >= 11 is 0. The van der Waals surface area contributed by atoms with Crippen LogP contribution in [0.15, 0.2) is 11.5 Å².